The predicted molar refractivity (Wildman–Crippen MR) is 92.1 cm³/mol. The Morgan fingerprint density at radius 3 is 2.64 bits per heavy atom. The SMILES string of the molecule is CCC(NC(=O)C1Cc2ccccc2S1)c1ccc(C)cc1. The van der Waals surface area contributed by atoms with Crippen LogP contribution in [0.15, 0.2) is 53.4 Å². The molecule has 1 N–H and O–H groups in total. The van der Waals surface area contributed by atoms with Crippen LogP contribution in [-0.2, 0) is 11.2 Å². The number of benzene rings is 2. The van der Waals surface area contributed by atoms with Gasteiger partial charge in [0.05, 0.1) is 11.3 Å². The molecule has 1 heterocycles. The number of carbonyl (C=O) groups excluding carboxylic acids is 1. The van der Waals surface area contributed by atoms with Gasteiger partial charge in [-0.05, 0) is 37.0 Å². The van der Waals surface area contributed by atoms with E-state index in [1.165, 1.54) is 21.6 Å². The third-order valence-electron chi connectivity index (χ3n) is 4.14. The molecule has 2 nitrogen and oxygen atoms in total. The minimum atomic E-state index is -0.00287. The van der Waals surface area contributed by atoms with Gasteiger partial charge < -0.3 is 5.32 Å². The molecular weight excluding hydrogens is 290 g/mol. The summed E-state index contributed by atoms with van der Waals surface area (Å²) in [4.78, 5) is 13.8. The second-order valence-electron chi connectivity index (χ2n) is 5.80. The summed E-state index contributed by atoms with van der Waals surface area (Å²) in [6, 6.07) is 16.8. The van der Waals surface area contributed by atoms with Gasteiger partial charge in [-0.2, -0.15) is 0 Å². The first-order chi connectivity index (χ1) is 10.7. The Morgan fingerprint density at radius 1 is 1.23 bits per heavy atom. The smallest absolute Gasteiger partial charge is 0.234 e. The number of thioether (sulfide) groups is 1. The zero-order valence-electron chi connectivity index (χ0n) is 13.0. The molecule has 0 fully saturated rings. The first-order valence-corrected chi connectivity index (χ1v) is 8.67. The van der Waals surface area contributed by atoms with E-state index in [2.05, 4.69) is 55.6 Å². The molecule has 0 bridgehead atoms. The lowest BCUT2D eigenvalue weighted by molar-refractivity contribution is -0.121. The molecule has 2 atom stereocenters. The van der Waals surface area contributed by atoms with Crippen molar-refractivity contribution in [2.45, 2.75) is 42.9 Å². The van der Waals surface area contributed by atoms with Crippen molar-refractivity contribution in [3.63, 3.8) is 0 Å². The molecule has 1 aliphatic rings. The highest BCUT2D eigenvalue weighted by Crippen LogP contribution is 2.37. The lowest BCUT2D eigenvalue weighted by atomic mass is 10.0. The Morgan fingerprint density at radius 2 is 1.95 bits per heavy atom. The molecule has 0 radical (unpaired) electrons. The fourth-order valence-electron chi connectivity index (χ4n) is 2.81. The van der Waals surface area contributed by atoms with Gasteiger partial charge in [-0.3, -0.25) is 4.79 Å². The van der Waals surface area contributed by atoms with E-state index in [1.807, 2.05) is 12.1 Å². The van der Waals surface area contributed by atoms with Gasteiger partial charge in [-0.25, -0.2) is 0 Å². The van der Waals surface area contributed by atoms with E-state index in [0.717, 1.165) is 12.8 Å². The summed E-state index contributed by atoms with van der Waals surface area (Å²) in [5.41, 5.74) is 3.71. The largest absolute Gasteiger partial charge is 0.348 e. The number of rotatable bonds is 4. The number of amides is 1. The van der Waals surface area contributed by atoms with Crippen LogP contribution in [0.1, 0.15) is 36.1 Å². The lowest BCUT2D eigenvalue weighted by Crippen LogP contribution is -2.35. The van der Waals surface area contributed by atoms with Crippen molar-refractivity contribution < 1.29 is 4.79 Å². The van der Waals surface area contributed by atoms with E-state index in [-0.39, 0.29) is 17.2 Å². The molecule has 0 aromatic heterocycles. The first-order valence-electron chi connectivity index (χ1n) is 7.79. The van der Waals surface area contributed by atoms with Crippen LogP contribution >= 0.6 is 11.8 Å². The van der Waals surface area contributed by atoms with E-state index >= 15 is 0 Å². The molecule has 3 rings (SSSR count). The van der Waals surface area contributed by atoms with Crippen molar-refractivity contribution in [3.05, 3.63) is 65.2 Å². The van der Waals surface area contributed by atoms with Crippen LogP contribution in [0.25, 0.3) is 0 Å². The molecule has 0 saturated carbocycles. The Kier molecular flexibility index (Phi) is 4.53. The van der Waals surface area contributed by atoms with Gasteiger partial charge >= 0.3 is 0 Å². The maximum absolute atomic E-state index is 12.6. The second-order valence-corrected chi connectivity index (χ2v) is 7.04. The minimum absolute atomic E-state index is 0.00287. The van der Waals surface area contributed by atoms with Gasteiger partial charge in [0, 0.05) is 4.90 Å². The van der Waals surface area contributed by atoms with Gasteiger partial charge in [0.25, 0.3) is 0 Å². The van der Waals surface area contributed by atoms with Crippen molar-refractivity contribution in [2.24, 2.45) is 0 Å². The Bertz CT molecular complexity index is 640. The summed E-state index contributed by atoms with van der Waals surface area (Å²) >= 11 is 1.68. The van der Waals surface area contributed by atoms with Gasteiger partial charge in [0.2, 0.25) is 5.91 Å². The molecule has 1 aliphatic heterocycles. The summed E-state index contributed by atoms with van der Waals surface area (Å²) in [6.45, 7) is 4.19. The topological polar surface area (TPSA) is 29.1 Å². The number of hydrogen-bond acceptors (Lipinski definition) is 2. The third kappa shape index (κ3) is 3.20. The highest BCUT2D eigenvalue weighted by atomic mass is 32.2. The highest BCUT2D eigenvalue weighted by Gasteiger charge is 2.29. The predicted octanol–water partition coefficient (Wildman–Crippen LogP) is 4.28. The van der Waals surface area contributed by atoms with Crippen LogP contribution in [-0.4, -0.2) is 11.2 Å². The number of fused-ring (bicyclic) bond motifs is 1. The van der Waals surface area contributed by atoms with Crippen LogP contribution in [0.4, 0.5) is 0 Å². The minimum Gasteiger partial charge on any atom is -0.348 e. The average Bonchev–Trinajstić information content (AvgIpc) is 2.97. The summed E-state index contributed by atoms with van der Waals surface area (Å²) in [5.74, 6) is 0.147. The maximum atomic E-state index is 12.6. The summed E-state index contributed by atoms with van der Waals surface area (Å²) < 4.78 is 0. The average molecular weight is 311 g/mol. The molecule has 2 unspecified atom stereocenters. The summed E-state index contributed by atoms with van der Waals surface area (Å²) in [6.07, 6.45) is 1.73. The molecule has 114 valence electrons. The summed E-state index contributed by atoms with van der Waals surface area (Å²) in [5, 5.41) is 3.22. The van der Waals surface area contributed by atoms with E-state index in [9.17, 15) is 4.79 Å². The van der Waals surface area contributed by atoms with Gasteiger partial charge in [-0.15, -0.1) is 11.8 Å². The number of aryl methyl sites for hydroxylation is 1. The number of nitrogens with one attached hydrogen (secondary N) is 1. The molecule has 22 heavy (non-hydrogen) atoms. The van der Waals surface area contributed by atoms with Gasteiger partial charge in [-0.1, -0.05) is 55.0 Å². The van der Waals surface area contributed by atoms with E-state index < -0.39 is 0 Å². The molecule has 2 aromatic rings. The first kappa shape index (κ1) is 15.2. The fourth-order valence-corrected chi connectivity index (χ4v) is 4.02. The van der Waals surface area contributed by atoms with Crippen molar-refractivity contribution >= 4 is 17.7 Å². The molecule has 3 heteroatoms. The van der Waals surface area contributed by atoms with E-state index in [4.69, 9.17) is 0 Å². The third-order valence-corrected chi connectivity index (χ3v) is 5.46. The Balaban J connectivity index is 1.67. The standard InChI is InChI=1S/C19H21NOS/c1-3-16(14-10-8-13(2)9-11-14)20-19(21)18-12-15-6-4-5-7-17(15)22-18/h4-11,16,18H,3,12H2,1-2H3,(H,20,21). The monoisotopic (exact) mass is 311 g/mol. The Hall–Kier alpha value is -1.74. The van der Waals surface area contributed by atoms with Crippen LogP contribution < -0.4 is 5.32 Å². The lowest BCUT2D eigenvalue weighted by Gasteiger charge is -2.20. The van der Waals surface area contributed by atoms with Crippen molar-refractivity contribution in [1.82, 2.24) is 5.32 Å². The Labute approximate surface area is 136 Å². The molecule has 2 aromatic carbocycles. The summed E-state index contributed by atoms with van der Waals surface area (Å²) in [7, 11) is 0. The van der Waals surface area contributed by atoms with Crippen molar-refractivity contribution in [2.75, 3.05) is 0 Å². The van der Waals surface area contributed by atoms with Gasteiger partial charge in [0.15, 0.2) is 0 Å². The molecule has 0 aliphatic carbocycles. The van der Waals surface area contributed by atoms with Crippen LogP contribution in [0, 0.1) is 6.92 Å². The fraction of sp³-hybridized carbons (Fsp3) is 0.316. The zero-order valence-corrected chi connectivity index (χ0v) is 13.8. The highest BCUT2D eigenvalue weighted by molar-refractivity contribution is 8.01. The zero-order chi connectivity index (χ0) is 15.5. The van der Waals surface area contributed by atoms with E-state index in [1.54, 1.807) is 11.8 Å². The molecule has 1 amide bonds. The quantitative estimate of drug-likeness (QED) is 0.913. The second kappa shape index (κ2) is 6.57. The van der Waals surface area contributed by atoms with E-state index in [0.29, 0.717) is 0 Å². The number of carbonyl (C=O) groups is 1. The molecule has 0 saturated heterocycles. The van der Waals surface area contributed by atoms with Crippen LogP contribution in [0.5, 0.6) is 0 Å². The normalized spacial score (nSPS) is 17.8. The van der Waals surface area contributed by atoms with Crippen LogP contribution in [0.2, 0.25) is 0 Å². The van der Waals surface area contributed by atoms with Crippen LogP contribution in [0.3, 0.4) is 0 Å². The van der Waals surface area contributed by atoms with Crippen molar-refractivity contribution in [3.8, 4) is 0 Å². The van der Waals surface area contributed by atoms with Crippen molar-refractivity contribution in [1.29, 1.82) is 0 Å². The molecular formula is C19H21NOS. The van der Waals surface area contributed by atoms with Gasteiger partial charge in [0.1, 0.15) is 0 Å². The number of hydrogen-bond donors (Lipinski definition) is 1. The maximum Gasteiger partial charge on any atom is 0.234 e. The molecule has 0 spiro atoms.